The second-order valence-electron chi connectivity index (χ2n) is 7.51. The Kier molecular flexibility index (Phi) is 6.16. The lowest BCUT2D eigenvalue weighted by atomic mass is 10.1. The van der Waals surface area contributed by atoms with Gasteiger partial charge in [0.05, 0.1) is 12.2 Å². The molecule has 0 aliphatic heterocycles. The van der Waals surface area contributed by atoms with Crippen molar-refractivity contribution in [1.82, 2.24) is 35.3 Å². The normalized spacial score (nSPS) is 11.9. The van der Waals surface area contributed by atoms with Crippen LogP contribution in [0.1, 0.15) is 34.1 Å². The summed E-state index contributed by atoms with van der Waals surface area (Å²) in [7, 11) is 0. The van der Waals surface area contributed by atoms with Crippen LogP contribution in [-0.2, 0) is 24.3 Å². The zero-order valence-electron chi connectivity index (χ0n) is 17.6. The van der Waals surface area contributed by atoms with Crippen LogP contribution in [-0.4, -0.2) is 35.9 Å². The summed E-state index contributed by atoms with van der Waals surface area (Å²) in [6, 6.07) is 19.5. The van der Waals surface area contributed by atoms with Gasteiger partial charge in [-0.25, -0.2) is 4.68 Å². The molecule has 0 saturated heterocycles. The third-order valence-corrected chi connectivity index (χ3v) is 5.40. The highest BCUT2D eigenvalue weighted by Crippen LogP contribution is 2.17. The van der Waals surface area contributed by atoms with Crippen LogP contribution in [0, 0.1) is 13.8 Å². The predicted octanol–water partition coefficient (Wildman–Crippen LogP) is 2.63. The van der Waals surface area contributed by atoms with Gasteiger partial charge >= 0.3 is 0 Å². The van der Waals surface area contributed by atoms with Gasteiger partial charge < -0.3 is 5.32 Å². The molecule has 1 amide bonds. The molecule has 0 aliphatic rings. The van der Waals surface area contributed by atoms with Crippen LogP contribution in [0.5, 0.6) is 0 Å². The number of aromatic nitrogens is 6. The monoisotopic (exact) mass is 415 g/mol. The molecule has 2 aromatic heterocycles. The quantitative estimate of drug-likeness (QED) is 0.478. The lowest BCUT2D eigenvalue weighted by Gasteiger charge is -2.16. The van der Waals surface area contributed by atoms with Crippen molar-refractivity contribution in [2.75, 3.05) is 0 Å². The molecule has 1 atom stereocenters. The number of aryl methyl sites for hydroxylation is 1. The van der Waals surface area contributed by atoms with Crippen molar-refractivity contribution < 1.29 is 4.79 Å². The van der Waals surface area contributed by atoms with Gasteiger partial charge in [-0.3, -0.25) is 9.48 Å². The van der Waals surface area contributed by atoms with Gasteiger partial charge in [0.15, 0.2) is 0 Å². The van der Waals surface area contributed by atoms with Crippen molar-refractivity contribution in [3.63, 3.8) is 0 Å². The number of carbonyl (C=O) groups excluding carboxylic acids is 1. The lowest BCUT2D eigenvalue weighted by molar-refractivity contribution is -0.124. The van der Waals surface area contributed by atoms with Gasteiger partial charge in [-0.15, -0.1) is 5.10 Å². The maximum Gasteiger partial charge on any atom is 0.245 e. The summed E-state index contributed by atoms with van der Waals surface area (Å²) in [4.78, 5) is 13.1. The maximum atomic E-state index is 13.1. The lowest BCUT2D eigenvalue weighted by Crippen LogP contribution is -2.34. The van der Waals surface area contributed by atoms with Gasteiger partial charge in [-0.2, -0.15) is 5.10 Å². The first-order chi connectivity index (χ1) is 15.1. The topological polar surface area (TPSA) is 90.5 Å². The van der Waals surface area contributed by atoms with E-state index in [4.69, 9.17) is 0 Å². The number of benzene rings is 2. The summed E-state index contributed by atoms with van der Waals surface area (Å²) in [5.74, 6) is -0.134. The molecule has 4 aromatic rings. The van der Waals surface area contributed by atoms with Crippen molar-refractivity contribution >= 4 is 5.91 Å². The predicted molar refractivity (Wildman–Crippen MR) is 116 cm³/mol. The van der Waals surface area contributed by atoms with Crippen molar-refractivity contribution in [3.8, 4) is 0 Å². The summed E-state index contributed by atoms with van der Waals surface area (Å²) < 4.78 is 3.48. The Morgan fingerprint density at radius 2 is 1.68 bits per heavy atom. The third kappa shape index (κ3) is 4.85. The zero-order valence-corrected chi connectivity index (χ0v) is 17.6. The van der Waals surface area contributed by atoms with E-state index in [1.807, 2.05) is 67.1 Å². The number of nitrogens with one attached hydrogen (secondary N) is 1. The molecule has 2 heterocycles. The number of amides is 1. The zero-order chi connectivity index (χ0) is 21.6. The largest absolute Gasteiger partial charge is 0.350 e. The Hall–Kier alpha value is -3.81. The molecule has 31 heavy (non-hydrogen) atoms. The molecule has 2 aromatic carbocycles. The second-order valence-corrected chi connectivity index (χ2v) is 7.51. The number of tetrazole rings is 1. The average molecular weight is 416 g/mol. The molecule has 0 saturated carbocycles. The van der Waals surface area contributed by atoms with Gasteiger partial charge in [0.2, 0.25) is 5.91 Å². The molecule has 1 N–H and O–H groups in total. The summed E-state index contributed by atoms with van der Waals surface area (Å²) in [6.45, 7) is 5.10. The molecule has 4 rings (SSSR count). The first-order valence-corrected chi connectivity index (χ1v) is 10.2. The first kappa shape index (κ1) is 20.5. The minimum atomic E-state index is -0.530. The van der Waals surface area contributed by atoms with Gasteiger partial charge in [-0.05, 0) is 35.4 Å². The fourth-order valence-corrected chi connectivity index (χ4v) is 3.65. The molecule has 158 valence electrons. The molecular formula is C23H25N7O. The third-order valence-electron chi connectivity index (χ3n) is 5.40. The van der Waals surface area contributed by atoms with E-state index in [1.54, 1.807) is 0 Å². The Bertz CT molecular complexity index is 1120. The van der Waals surface area contributed by atoms with Crippen LogP contribution in [0.25, 0.3) is 0 Å². The van der Waals surface area contributed by atoms with Crippen LogP contribution < -0.4 is 5.32 Å². The summed E-state index contributed by atoms with van der Waals surface area (Å²) in [5, 5.41) is 19.1. The molecule has 0 aliphatic carbocycles. The number of hydrogen-bond donors (Lipinski definition) is 1. The van der Waals surface area contributed by atoms with Crippen LogP contribution in [0.2, 0.25) is 0 Å². The molecule has 0 fully saturated rings. The van der Waals surface area contributed by atoms with Crippen molar-refractivity contribution in [3.05, 3.63) is 95.1 Å². The highest BCUT2D eigenvalue weighted by molar-refractivity contribution is 5.80. The van der Waals surface area contributed by atoms with Crippen LogP contribution in [0.3, 0.4) is 0 Å². The standard InChI is InChI=1S/C23H25N7O/c1-17-21(18(2)29(26-17)15-20-11-7-4-8-12-20)14-24-23(31)22(30-16-25-27-28-30)13-19-9-5-3-6-10-19/h3-12,16,22H,13-15H2,1-2H3,(H,24,31). The van der Waals surface area contributed by atoms with Crippen molar-refractivity contribution in [2.45, 2.75) is 39.4 Å². The number of hydrogen-bond acceptors (Lipinski definition) is 5. The Morgan fingerprint density at radius 3 is 2.32 bits per heavy atom. The van der Waals surface area contributed by atoms with Crippen molar-refractivity contribution in [2.24, 2.45) is 0 Å². The van der Waals surface area contributed by atoms with Crippen molar-refractivity contribution in [1.29, 1.82) is 0 Å². The van der Waals surface area contributed by atoms with E-state index >= 15 is 0 Å². The highest BCUT2D eigenvalue weighted by Gasteiger charge is 2.23. The molecule has 1 unspecified atom stereocenters. The Labute approximate surface area is 180 Å². The SMILES string of the molecule is Cc1nn(Cc2ccccc2)c(C)c1CNC(=O)C(Cc1ccccc1)n1cnnn1. The van der Waals surface area contributed by atoms with E-state index in [1.165, 1.54) is 16.6 Å². The summed E-state index contributed by atoms with van der Waals surface area (Å²) >= 11 is 0. The number of rotatable bonds is 8. The Morgan fingerprint density at radius 1 is 1.00 bits per heavy atom. The fourth-order valence-electron chi connectivity index (χ4n) is 3.65. The van der Waals surface area contributed by atoms with Gasteiger partial charge in [-0.1, -0.05) is 60.7 Å². The van der Waals surface area contributed by atoms with Gasteiger partial charge in [0.25, 0.3) is 0 Å². The first-order valence-electron chi connectivity index (χ1n) is 10.2. The fraction of sp³-hybridized carbons (Fsp3) is 0.261. The number of nitrogens with zero attached hydrogens (tertiary/aromatic N) is 6. The Balaban J connectivity index is 1.47. The van der Waals surface area contributed by atoms with Gasteiger partial charge in [0.1, 0.15) is 12.4 Å². The minimum Gasteiger partial charge on any atom is -0.350 e. The molecule has 0 spiro atoms. The smallest absolute Gasteiger partial charge is 0.245 e. The maximum absolute atomic E-state index is 13.1. The van der Waals surface area contributed by atoms with Crippen LogP contribution in [0.4, 0.5) is 0 Å². The molecule has 8 heteroatoms. The van der Waals surface area contributed by atoms with E-state index in [2.05, 4.69) is 38.1 Å². The van der Waals surface area contributed by atoms with E-state index in [9.17, 15) is 4.79 Å². The minimum absolute atomic E-state index is 0.134. The molecule has 8 nitrogen and oxygen atoms in total. The second kappa shape index (κ2) is 9.34. The van der Waals surface area contributed by atoms with E-state index < -0.39 is 6.04 Å². The average Bonchev–Trinajstić information content (AvgIpc) is 3.41. The van der Waals surface area contributed by atoms with Crippen LogP contribution in [0.15, 0.2) is 67.0 Å². The van der Waals surface area contributed by atoms with Crippen LogP contribution >= 0.6 is 0 Å². The number of carbonyl (C=O) groups is 1. The van der Waals surface area contributed by atoms with E-state index in [0.29, 0.717) is 19.5 Å². The summed E-state index contributed by atoms with van der Waals surface area (Å²) in [5.41, 5.74) is 5.21. The van der Waals surface area contributed by atoms with Gasteiger partial charge in [0, 0.05) is 24.2 Å². The molecular weight excluding hydrogens is 390 g/mol. The van der Waals surface area contributed by atoms with E-state index in [-0.39, 0.29) is 5.91 Å². The highest BCUT2D eigenvalue weighted by atomic mass is 16.2. The summed E-state index contributed by atoms with van der Waals surface area (Å²) in [6.07, 6.45) is 1.98. The van der Waals surface area contributed by atoms with E-state index in [0.717, 1.165) is 22.5 Å². The molecule has 0 radical (unpaired) electrons. The molecule has 0 bridgehead atoms.